The molecule has 3 heterocycles. The molecule has 198 valence electrons. The summed E-state index contributed by atoms with van der Waals surface area (Å²) in [5.41, 5.74) is 7.55. The van der Waals surface area contributed by atoms with E-state index in [-0.39, 0.29) is 0 Å². The van der Waals surface area contributed by atoms with Crippen molar-refractivity contribution in [3.8, 4) is 33.6 Å². The van der Waals surface area contributed by atoms with Gasteiger partial charge in [0.15, 0.2) is 0 Å². The highest BCUT2D eigenvalue weighted by Crippen LogP contribution is 2.40. The summed E-state index contributed by atoms with van der Waals surface area (Å²) in [4.78, 5) is 14.4. The van der Waals surface area contributed by atoms with Crippen molar-refractivity contribution >= 4 is 66.6 Å². The predicted octanol–water partition coefficient (Wildman–Crippen LogP) is 10.8. The van der Waals surface area contributed by atoms with Crippen LogP contribution in [0.25, 0.3) is 77.0 Å². The maximum atomic E-state index is 6.46. The first-order chi connectivity index (χ1) is 20.6. The normalized spacial score (nSPS) is 11.6. The minimum Gasteiger partial charge on any atom is -0.256 e. The molecule has 5 aromatic carbocycles. The van der Waals surface area contributed by atoms with Crippen molar-refractivity contribution in [1.29, 1.82) is 0 Å². The fourth-order valence-electron chi connectivity index (χ4n) is 5.84. The van der Waals surface area contributed by atoms with E-state index in [9.17, 15) is 0 Å². The summed E-state index contributed by atoms with van der Waals surface area (Å²) in [6, 6.07) is 39.6. The number of halogens is 2. The van der Waals surface area contributed by atoms with Crippen molar-refractivity contribution in [1.82, 2.24) is 15.0 Å². The summed E-state index contributed by atoms with van der Waals surface area (Å²) in [5.74, 6) is 0. The Kier molecular flexibility index (Phi) is 5.88. The van der Waals surface area contributed by atoms with Crippen LogP contribution in [0.2, 0.25) is 10.0 Å². The van der Waals surface area contributed by atoms with E-state index in [0.29, 0.717) is 10.0 Å². The van der Waals surface area contributed by atoms with Crippen LogP contribution in [0.4, 0.5) is 0 Å². The van der Waals surface area contributed by atoms with Gasteiger partial charge in [-0.1, -0.05) is 96.0 Å². The standard InChI is InChI=1S/C37H21Cl2N3/c38-31-13-15-40-35-18-24(9-11-29(31)35)33-20-26(21-34(42-33)25-10-12-30-32(39)14-16-41-36(30)19-25)37-27-7-3-1-5-22(27)17-23-6-2-4-8-28(23)37/h1-21H. The van der Waals surface area contributed by atoms with Gasteiger partial charge in [-0.15, -0.1) is 0 Å². The van der Waals surface area contributed by atoms with Crippen LogP contribution in [-0.2, 0) is 0 Å². The van der Waals surface area contributed by atoms with Gasteiger partial charge in [0.2, 0.25) is 0 Å². The molecule has 5 heteroatoms. The Morgan fingerprint density at radius 1 is 0.429 bits per heavy atom. The maximum Gasteiger partial charge on any atom is 0.0723 e. The van der Waals surface area contributed by atoms with Gasteiger partial charge in [0.1, 0.15) is 0 Å². The van der Waals surface area contributed by atoms with Crippen LogP contribution in [-0.4, -0.2) is 15.0 Å². The molecule has 3 aromatic heterocycles. The fourth-order valence-corrected chi connectivity index (χ4v) is 6.27. The van der Waals surface area contributed by atoms with E-state index < -0.39 is 0 Å². The van der Waals surface area contributed by atoms with Crippen LogP contribution >= 0.6 is 23.2 Å². The van der Waals surface area contributed by atoms with Crippen LogP contribution in [0.1, 0.15) is 0 Å². The van der Waals surface area contributed by atoms with E-state index in [4.69, 9.17) is 28.2 Å². The molecule has 0 atom stereocenters. The summed E-state index contributed by atoms with van der Waals surface area (Å²) in [7, 11) is 0. The molecule has 0 N–H and O–H groups in total. The third kappa shape index (κ3) is 4.18. The van der Waals surface area contributed by atoms with Crippen molar-refractivity contribution in [2.45, 2.75) is 0 Å². The summed E-state index contributed by atoms with van der Waals surface area (Å²) >= 11 is 12.9. The van der Waals surface area contributed by atoms with Gasteiger partial charge >= 0.3 is 0 Å². The fraction of sp³-hybridized carbons (Fsp3) is 0. The molecule has 8 rings (SSSR count). The molecule has 0 aliphatic carbocycles. The first-order valence-electron chi connectivity index (χ1n) is 13.6. The second-order valence-electron chi connectivity index (χ2n) is 10.4. The van der Waals surface area contributed by atoms with E-state index in [1.165, 1.54) is 27.1 Å². The molecule has 0 saturated heterocycles. The van der Waals surface area contributed by atoms with Gasteiger partial charge in [-0.3, -0.25) is 9.97 Å². The number of benzene rings is 5. The second kappa shape index (κ2) is 9.92. The van der Waals surface area contributed by atoms with Gasteiger partial charge < -0.3 is 0 Å². The smallest absolute Gasteiger partial charge is 0.0723 e. The molecule has 3 nitrogen and oxygen atoms in total. The first-order valence-corrected chi connectivity index (χ1v) is 14.4. The number of fused-ring (bicyclic) bond motifs is 4. The summed E-state index contributed by atoms with van der Waals surface area (Å²) in [6.45, 7) is 0. The average Bonchev–Trinajstić information content (AvgIpc) is 3.03. The quantitative estimate of drug-likeness (QED) is 0.196. The molecular weight excluding hydrogens is 557 g/mol. The van der Waals surface area contributed by atoms with Gasteiger partial charge in [-0.25, -0.2) is 4.98 Å². The maximum absolute atomic E-state index is 6.46. The number of hydrogen-bond donors (Lipinski definition) is 0. The Hall–Kier alpha value is -4.83. The van der Waals surface area contributed by atoms with Crippen molar-refractivity contribution in [2.24, 2.45) is 0 Å². The third-order valence-corrected chi connectivity index (χ3v) is 8.52. The van der Waals surface area contributed by atoms with Crippen LogP contribution in [0.15, 0.2) is 128 Å². The van der Waals surface area contributed by atoms with Gasteiger partial charge in [0.25, 0.3) is 0 Å². The molecule has 42 heavy (non-hydrogen) atoms. The molecule has 0 fully saturated rings. The highest BCUT2D eigenvalue weighted by molar-refractivity contribution is 6.35. The Balaban J connectivity index is 1.44. The highest BCUT2D eigenvalue weighted by Gasteiger charge is 2.15. The molecule has 0 amide bonds. The molecule has 0 saturated carbocycles. The zero-order valence-electron chi connectivity index (χ0n) is 22.2. The monoisotopic (exact) mass is 577 g/mol. The van der Waals surface area contributed by atoms with Crippen LogP contribution in [0.5, 0.6) is 0 Å². The van der Waals surface area contributed by atoms with Crippen molar-refractivity contribution < 1.29 is 0 Å². The summed E-state index contributed by atoms with van der Waals surface area (Å²) in [5, 5.41) is 7.96. The van der Waals surface area contributed by atoms with Gasteiger partial charge in [0, 0.05) is 34.3 Å². The lowest BCUT2D eigenvalue weighted by Crippen LogP contribution is -1.94. The number of rotatable bonds is 3. The van der Waals surface area contributed by atoms with E-state index >= 15 is 0 Å². The van der Waals surface area contributed by atoms with Gasteiger partial charge in [-0.2, -0.15) is 0 Å². The Bertz CT molecular complexity index is 2190. The van der Waals surface area contributed by atoms with Crippen LogP contribution < -0.4 is 0 Å². The van der Waals surface area contributed by atoms with E-state index in [1.54, 1.807) is 12.4 Å². The molecule has 8 aromatic rings. The van der Waals surface area contributed by atoms with E-state index in [2.05, 4.69) is 101 Å². The molecule has 0 unspecified atom stereocenters. The topological polar surface area (TPSA) is 38.7 Å². The minimum absolute atomic E-state index is 0.679. The lowest BCUT2D eigenvalue weighted by molar-refractivity contribution is 1.32. The molecule has 0 radical (unpaired) electrons. The Labute approximate surface area is 252 Å². The molecule has 0 bridgehead atoms. The SMILES string of the molecule is Clc1ccnc2cc(-c3cc(-c4c5ccccc5cc5ccccc45)cc(-c4ccc5c(Cl)ccnc5c4)n3)ccc12. The Morgan fingerprint density at radius 3 is 1.45 bits per heavy atom. The number of nitrogens with zero attached hydrogens (tertiary/aromatic N) is 3. The summed E-state index contributed by atoms with van der Waals surface area (Å²) < 4.78 is 0. The lowest BCUT2D eigenvalue weighted by Gasteiger charge is -2.15. The number of hydrogen-bond acceptors (Lipinski definition) is 3. The van der Waals surface area contributed by atoms with Crippen LogP contribution in [0.3, 0.4) is 0 Å². The second-order valence-corrected chi connectivity index (χ2v) is 11.2. The highest BCUT2D eigenvalue weighted by atomic mass is 35.5. The zero-order chi connectivity index (χ0) is 28.2. The largest absolute Gasteiger partial charge is 0.256 e. The Morgan fingerprint density at radius 2 is 0.929 bits per heavy atom. The van der Waals surface area contributed by atoms with E-state index in [1.807, 2.05) is 24.3 Å². The third-order valence-electron chi connectivity index (χ3n) is 7.86. The zero-order valence-corrected chi connectivity index (χ0v) is 23.7. The van der Waals surface area contributed by atoms with Crippen molar-refractivity contribution in [3.63, 3.8) is 0 Å². The predicted molar refractivity (Wildman–Crippen MR) is 176 cm³/mol. The number of pyridine rings is 3. The van der Waals surface area contributed by atoms with Crippen molar-refractivity contribution in [2.75, 3.05) is 0 Å². The molecular formula is C37H21Cl2N3. The van der Waals surface area contributed by atoms with Crippen molar-refractivity contribution in [3.05, 3.63) is 138 Å². The number of aromatic nitrogens is 3. The average molecular weight is 579 g/mol. The minimum atomic E-state index is 0.679. The molecule has 0 aliphatic rings. The molecule has 0 aliphatic heterocycles. The van der Waals surface area contributed by atoms with Gasteiger partial charge in [0.05, 0.1) is 32.5 Å². The van der Waals surface area contributed by atoms with E-state index in [0.717, 1.165) is 49.9 Å². The van der Waals surface area contributed by atoms with Crippen LogP contribution in [0, 0.1) is 0 Å². The lowest BCUT2D eigenvalue weighted by atomic mass is 9.90. The summed E-state index contributed by atoms with van der Waals surface area (Å²) in [6.07, 6.45) is 3.47. The first kappa shape index (κ1) is 24.9. The molecule has 0 spiro atoms. The van der Waals surface area contributed by atoms with Gasteiger partial charge in [-0.05, 0) is 75.1 Å².